The SMILES string of the molecule is COc1ccc(Br)cc1NC(=O)c1ccc(Cl)cc1OC. The van der Waals surface area contributed by atoms with E-state index in [2.05, 4.69) is 21.2 Å². The summed E-state index contributed by atoms with van der Waals surface area (Å²) in [4.78, 5) is 12.4. The van der Waals surface area contributed by atoms with E-state index >= 15 is 0 Å². The van der Waals surface area contributed by atoms with Crippen LogP contribution in [0.25, 0.3) is 0 Å². The van der Waals surface area contributed by atoms with Gasteiger partial charge in [0.25, 0.3) is 5.91 Å². The predicted octanol–water partition coefficient (Wildman–Crippen LogP) is 4.37. The van der Waals surface area contributed by atoms with Crippen molar-refractivity contribution < 1.29 is 14.3 Å². The van der Waals surface area contributed by atoms with Gasteiger partial charge in [0.1, 0.15) is 11.5 Å². The van der Waals surface area contributed by atoms with Crippen LogP contribution in [0.15, 0.2) is 40.9 Å². The molecule has 0 saturated heterocycles. The van der Waals surface area contributed by atoms with Crippen LogP contribution in [0.1, 0.15) is 10.4 Å². The largest absolute Gasteiger partial charge is 0.496 e. The van der Waals surface area contributed by atoms with Gasteiger partial charge in [-0.15, -0.1) is 0 Å². The Bertz CT molecular complexity index is 676. The second-order valence-corrected chi connectivity index (χ2v) is 5.50. The lowest BCUT2D eigenvalue weighted by molar-refractivity contribution is 0.102. The molecule has 6 heteroatoms. The number of carbonyl (C=O) groups excluding carboxylic acids is 1. The number of nitrogens with one attached hydrogen (secondary N) is 1. The molecule has 2 rings (SSSR count). The molecule has 4 nitrogen and oxygen atoms in total. The highest BCUT2D eigenvalue weighted by Crippen LogP contribution is 2.30. The molecule has 21 heavy (non-hydrogen) atoms. The standard InChI is InChI=1S/C15H13BrClNO3/c1-20-13-6-3-9(16)7-12(13)18-15(19)11-5-4-10(17)8-14(11)21-2/h3-8H,1-2H3,(H,18,19). The van der Waals surface area contributed by atoms with Crippen LogP contribution in [0, 0.1) is 0 Å². The van der Waals surface area contributed by atoms with Gasteiger partial charge >= 0.3 is 0 Å². The molecule has 0 aliphatic carbocycles. The summed E-state index contributed by atoms with van der Waals surface area (Å²) in [7, 11) is 3.03. The van der Waals surface area contributed by atoms with Crippen LogP contribution in [0.3, 0.4) is 0 Å². The van der Waals surface area contributed by atoms with Gasteiger partial charge in [0, 0.05) is 9.50 Å². The van der Waals surface area contributed by atoms with E-state index in [9.17, 15) is 4.79 Å². The van der Waals surface area contributed by atoms with Crippen LogP contribution in [0.4, 0.5) is 5.69 Å². The normalized spacial score (nSPS) is 10.1. The number of methoxy groups -OCH3 is 2. The molecule has 0 aliphatic rings. The number of benzene rings is 2. The predicted molar refractivity (Wildman–Crippen MR) is 86.7 cm³/mol. The number of hydrogen-bond acceptors (Lipinski definition) is 3. The third-order valence-electron chi connectivity index (χ3n) is 2.82. The van der Waals surface area contributed by atoms with Crippen molar-refractivity contribution >= 4 is 39.1 Å². The molecule has 0 heterocycles. The minimum Gasteiger partial charge on any atom is -0.496 e. The van der Waals surface area contributed by atoms with E-state index < -0.39 is 0 Å². The molecule has 2 aromatic carbocycles. The number of hydrogen-bond donors (Lipinski definition) is 1. The van der Waals surface area contributed by atoms with Gasteiger partial charge in [0.15, 0.2) is 0 Å². The Morgan fingerprint density at radius 3 is 2.48 bits per heavy atom. The zero-order chi connectivity index (χ0) is 15.4. The molecule has 1 amide bonds. The Labute approximate surface area is 136 Å². The van der Waals surface area contributed by atoms with Crippen molar-refractivity contribution in [2.24, 2.45) is 0 Å². The van der Waals surface area contributed by atoms with Crippen molar-refractivity contribution in [3.63, 3.8) is 0 Å². The zero-order valence-corrected chi connectivity index (χ0v) is 13.8. The molecule has 0 saturated carbocycles. The summed E-state index contributed by atoms with van der Waals surface area (Å²) in [5, 5.41) is 3.30. The minimum atomic E-state index is -0.306. The molecule has 2 aromatic rings. The number of ether oxygens (including phenoxy) is 2. The van der Waals surface area contributed by atoms with Crippen LogP contribution in [-0.4, -0.2) is 20.1 Å². The van der Waals surface area contributed by atoms with Crippen molar-refractivity contribution in [3.05, 3.63) is 51.5 Å². The number of anilines is 1. The summed E-state index contributed by atoms with van der Waals surface area (Å²) in [6, 6.07) is 10.2. The van der Waals surface area contributed by atoms with Crippen LogP contribution in [0.5, 0.6) is 11.5 Å². The van der Waals surface area contributed by atoms with Crippen molar-refractivity contribution in [1.82, 2.24) is 0 Å². The quantitative estimate of drug-likeness (QED) is 0.869. The van der Waals surface area contributed by atoms with Gasteiger partial charge in [-0.3, -0.25) is 4.79 Å². The van der Waals surface area contributed by atoms with Crippen LogP contribution in [-0.2, 0) is 0 Å². The lowest BCUT2D eigenvalue weighted by atomic mass is 10.1. The van der Waals surface area contributed by atoms with Gasteiger partial charge in [-0.1, -0.05) is 27.5 Å². The molecular formula is C15H13BrClNO3. The summed E-state index contributed by atoms with van der Waals surface area (Å²) < 4.78 is 11.2. The monoisotopic (exact) mass is 369 g/mol. The second-order valence-electron chi connectivity index (χ2n) is 4.14. The number of carbonyl (C=O) groups is 1. The summed E-state index contributed by atoms with van der Waals surface area (Å²) in [5.74, 6) is 0.674. The van der Waals surface area contributed by atoms with E-state index in [4.69, 9.17) is 21.1 Å². The molecule has 0 aliphatic heterocycles. The molecule has 110 valence electrons. The summed E-state index contributed by atoms with van der Waals surface area (Å²) in [6.07, 6.45) is 0. The van der Waals surface area contributed by atoms with E-state index in [1.54, 1.807) is 37.4 Å². The number of amides is 1. The first-order valence-corrected chi connectivity index (χ1v) is 7.20. The highest BCUT2D eigenvalue weighted by atomic mass is 79.9. The Hall–Kier alpha value is -1.72. The van der Waals surface area contributed by atoms with Gasteiger partial charge in [-0.05, 0) is 36.4 Å². The maximum absolute atomic E-state index is 12.4. The van der Waals surface area contributed by atoms with Crippen LogP contribution >= 0.6 is 27.5 Å². The molecule has 1 N–H and O–H groups in total. The Balaban J connectivity index is 2.32. The molecule has 0 radical (unpaired) electrons. The molecule has 0 atom stereocenters. The van der Waals surface area contributed by atoms with Gasteiger partial charge in [-0.2, -0.15) is 0 Å². The van der Waals surface area contributed by atoms with Gasteiger partial charge in [-0.25, -0.2) is 0 Å². The molecule has 0 bridgehead atoms. The van der Waals surface area contributed by atoms with Gasteiger partial charge in [0.2, 0.25) is 0 Å². The Kier molecular flexibility index (Phi) is 5.09. The van der Waals surface area contributed by atoms with E-state index in [-0.39, 0.29) is 5.91 Å². The van der Waals surface area contributed by atoms with Crippen LogP contribution in [0.2, 0.25) is 5.02 Å². The summed E-state index contributed by atoms with van der Waals surface area (Å²) in [5.41, 5.74) is 0.956. The van der Waals surface area contributed by atoms with Crippen molar-refractivity contribution in [2.75, 3.05) is 19.5 Å². The van der Waals surface area contributed by atoms with Crippen molar-refractivity contribution in [2.45, 2.75) is 0 Å². The fourth-order valence-corrected chi connectivity index (χ4v) is 2.34. The Morgan fingerprint density at radius 1 is 1.10 bits per heavy atom. The maximum atomic E-state index is 12.4. The van der Waals surface area contributed by atoms with E-state index in [0.717, 1.165) is 4.47 Å². The fourth-order valence-electron chi connectivity index (χ4n) is 1.82. The number of rotatable bonds is 4. The molecular weight excluding hydrogens is 358 g/mol. The highest BCUT2D eigenvalue weighted by Gasteiger charge is 2.15. The van der Waals surface area contributed by atoms with E-state index in [0.29, 0.717) is 27.8 Å². The minimum absolute atomic E-state index is 0.306. The van der Waals surface area contributed by atoms with Crippen molar-refractivity contribution in [1.29, 1.82) is 0 Å². The van der Waals surface area contributed by atoms with E-state index in [1.165, 1.54) is 7.11 Å². The summed E-state index contributed by atoms with van der Waals surface area (Å²) >= 11 is 9.25. The van der Waals surface area contributed by atoms with Crippen LogP contribution < -0.4 is 14.8 Å². The lowest BCUT2D eigenvalue weighted by Crippen LogP contribution is -2.13. The zero-order valence-electron chi connectivity index (χ0n) is 11.4. The molecule has 0 unspecified atom stereocenters. The fraction of sp³-hybridized carbons (Fsp3) is 0.133. The molecule has 0 aromatic heterocycles. The van der Waals surface area contributed by atoms with E-state index in [1.807, 2.05) is 6.07 Å². The van der Waals surface area contributed by atoms with Gasteiger partial charge < -0.3 is 14.8 Å². The molecule has 0 fully saturated rings. The Morgan fingerprint density at radius 2 is 1.81 bits per heavy atom. The second kappa shape index (κ2) is 6.83. The number of halogens is 2. The first-order chi connectivity index (χ1) is 10.0. The first-order valence-electron chi connectivity index (χ1n) is 6.03. The topological polar surface area (TPSA) is 47.6 Å². The average molecular weight is 371 g/mol. The van der Waals surface area contributed by atoms with Gasteiger partial charge in [0.05, 0.1) is 25.5 Å². The first kappa shape index (κ1) is 15.7. The average Bonchev–Trinajstić information content (AvgIpc) is 2.47. The maximum Gasteiger partial charge on any atom is 0.259 e. The lowest BCUT2D eigenvalue weighted by Gasteiger charge is -2.12. The third-order valence-corrected chi connectivity index (χ3v) is 3.55. The van der Waals surface area contributed by atoms with Crippen molar-refractivity contribution in [3.8, 4) is 11.5 Å². The smallest absolute Gasteiger partial charge is 0.259 e. The highest BCUT2D eigenvalue weighted by molar-refractivity contribution is 9.10. The third kappa shape index (κ3) is 3.68. The summed E-state index contributed by atoms with van der Waals surface area (Å²) in [6.45, 7) is 0. The molecule has 0 spiro atoms.